The SMILES string of the molecule is O=[N+]([O-])c1ccc2c(c1)C([13c]1[13cH][13cH][13cH][13cH][13cH]1)=NCCC2. The molecule has 0 aromatic heterocycles. The Morgan fingerprint density at radius 2 is 1.90 bits per heavy atom. The summed E-state index contributed by atoms with van der Waals surface area (Å²) in [6, 6.07) is 14.9. The summed E-state index contributed by atoms with van der Waals surface area (Å²) >= 11 is 0. The van der Waals surface area contributed by atoms with Crippen molar-refractivity contribution in [3.8, 4) is 0 Å². The first-order chi connectivity index (χ1) is 9.75. The lowest BCUT2D eigenvalue weighted by molar-refractivity contribution is -0.384. The first-order valence-electron chi connectivity index (χ1n) is 6.63. The fourth-order valence-corrected chi connectivity index (χ4v) is 2.50. The molecule has 0 fully saturated rings. The van der Waals surface area contributed by atoms with E-state index in [0.29, 0.717) is 0 Å². The summed E-state index contributed by atoms with van der Waals surface area (Å²) < 4.78 is 0. The summed E-state index contributed by atoms with van der Waals surface area (Å²) in [6.45, 7) is 0.757. The molecule has 0 spiro atoms. The molecule has 0 unspecified atom stereocenters. The summed E-state index contributed by atoms with van der Waals surface area (Å²) in [5.74, 6) is 0. The molecule has 4 heteroatoms. The molecule has 4 nitrogen and oxygen atoms in total. The predicted molar refractivity (Wildman–Crippen MR) is 78.4 cm³/mol. The maximum absolute atomic E-state index is 11.0. The molecular formula is C16H14N2O2. The zero-order valence-electron chi connectivity index (χ0n) is 11.0. The quantitative estimate of drug-likeness (QED) is 0.621. The highest BCUT2D eigenvalue weighted by molar-refractivity contribution is 6.14. The third kappa shape index (κ3) is 2.32. The number of nitrogens with zero attached hydrogens (tertiary/aromatic N) is 2. The number of nitro benzene ring substituents is 1. The Morgan fingerprint density at radius 3 is 2.65 bits per heavy atom. The molecule has 0 aliphatic carbocycles. The fourth-order valence-electron chi connectivity index (χ4n) is 2.50. The Morgan fingerprint density at radius 1 is 1.10 bits per heavy atom. The van der Waals surface area contributed by atoms with Crippen LogP contribution in [-0.4, -0.2) is 17.2 Å². The minimum absolute atomic E-state index is 0.120. The van der Waals surface area contributed by atoms with Crippen molar-refractivity contribution in [3.05, 3.63) is 75.3 Å². The molecule has 0 N–H and O–H groups in total. The van der Waals surface area contributed by atoms with Crippen LogP contribution in [0, 0.1) is 10.1 Å². The van der Waals surface area contributed by atoms with Gasteiger partial charge in [-0.05, 0) is 18.4 Å². The van der Waals surface area contributed by atoms with Crippen LogP contribution >= 0.6 is 0 Å². The molecule has 100 valence electrons. The standard InChI is InChI=1S/C16H14N2O2/c19-18(20)14-9-8-12-7-4-10-17-16(15(12)11-14)13-5-2-1-3-6-13/h1-3,5-6,8-9,11H,4,7,10H2/i1+1,2+1,3+1,5+1,6+1,13+1. The summed E-state index contributed by atoms with van der Waals surface area (Å²) in [5, 5.41) is 11.0. The van der Waals surface area contributed by atoms with Crippen LogP contribution in [0.3, 0.4) is 0 Å². The van der Waals surface area contributed by atoms with Crippen molar-refractivity contribution in [1.29, 1.82) is 0 Å². The molecule has 1 aliphatic rings. The normalized spacial score (nSPS) is 14.1. The lowest BCUT2D eigenvalue weighted by Gasteiger charge is -2.09. The van der Waals surface area contributed by atoms with Gasteiger partial charge in [-0.25, -0.2) is 0 Å². The second kappa shape index (κ2) is 5.25. The van der Waals surface area contributed by atoms with Gasteiger partial charge in [0.1, 0.15) is 0 Å². The predicted octanol–water partition coefficient (Wildman–Crippen LogP) is 3.38. The van der Waals surface area contributed by atoms with E-state index in [2.05, 4.69) is 4.99 Å². The molecule has 0 bridgehead atoms. The number of hydrogen-bond acceptors (Lipinski definition) is 3. The number of fused-ring (bicyclic) bond motifs is 1. The van der Waals surface area contributed by atoms with E-state index in [4.69, 9.17) is 0 Å². The topological polar surface area (TPSA) is 55.5 Å². The van der Waals surface area contributed by atoms with Crippen LogP contribution < -0.4 is 0 Å². The van der Waals surface area contributed by atoms with Crippen LogP contribution in [0.25, 0.3) is 0 Å². The van der Waals surface area contributed by atoms with E-state index in [0.717, 1.165) is 41.8 Å². The van der Waals surface area contributed by atoms with Gasteiger partial charge in [0.05, 0.1) is 10.6 Å². The molecule has 1 heterocycles. The van der Waals surface area contributed by atoms with Gasteiger partial charge in [0.15, 0.2) is 0 Å². The molecule has 0 atom stereocenters. The number of benzene rings is 2. The highest BCUT2D eigenvalue weighted by Crippen LogP contribution is 2.24. The minimum Gasteiger partial charge on any atom is -0.284 e. The van der Waals surface area contributed by atoms with Crippen molar-refractivity contribution in [3.63, 3.8) is 0 Å². The average molecular weight is 272 g/mol. The first-order valence-corrected chi connectivity index (χ1v) is 6.63. The van der Waals surface area contributed by atoms with Gasteiger partial charge in [0.25, 0.3) is 5.69 Å². The van der Waals surface area contributed by atoms with Gasteiger partial charge < -0.3 is 0 Å². The molecular weight excluding hydrogens is 258 g/mol. The Labute approximate surface area is 116 Å². The van der Waals surface area contributed by atoms with Gasteiger partial charge in [0.2, 0.25) is 0 Å². The maximum atomic E-state index is 11.0. The first kappa shape index (κ1) is 12.5. The number of non-ortho nitro benzene ring substituents is 1. The monoisotopic (exact) mass is 272 g/mol. The van der Waals surface area contributed by atoms with Crippen molar-refractivity contribution in [1.82, 2.24) is 0 Å². The lowest BCUT2D eigenvalue weighted by atomic mass is 10.0. The van der Waals surface area contributed by atoms with Gasteiger partial charge in [0, 0.05) is 29.8 Å². The van der Waals surface area contributed by atoms with Crippen molar-refractivity contribution in [2.24, 2.45) is 4.99 Å². The van der Waals surface area contributed by atoms with Crippen molar-refractivity contribution in [2.45, 2.75) is 12.8 Å². The van der Waals surface area contributed by atoms with Crippen LogP contribution in [0.5, 0.6) is 0 Å². The number of aliphatic imine (C=N–C) groups is 1. The van der Waals surface area contributed by atoms with E-state index in [9.17, 15) is 10.1 Å². The molecule has 2 aromatic rings. The third-order valence-electron chi connectivity index (χ3n) is 3.48. The van der Waals surface area contributed by atoms with Gasteiger partial charge in [-0.2, -0.15) is 0 Å². The Kier molecular flexibility index (Phi) is 3.29. The Hall–Kier alpha value is -2.49. The smallest absolute Gasteiger partial charge is 0.270 e. The Balaban J connectivity index is 2.16. The van der Waals surface area contributed by atoms with Gasteiger partial charge in [-0.3, -0.25) is 15.1 Å². The highest BCUT2D eigenvalue weighted by Gasteiger charge is 2.18. The molecule has 1 aliphatic heterocycles. The zero-order valence-corrected chi connectivity index (χ0v) is 11.0. The molecule has 0 amide bonds. The summed E-state index contributed by atoms with van der Waals surface area (Å²) in [7, 11) is 0. The van der Waals surface area contributed by atoms with Crippen LogP contribution in [0.15, 0.2) is 53.5 Å². The molecule has 0 radical (unpaired) electrons. The summed E-state index contributed by atoms with van der Waals surface area (Å²) in [5.41, 5.74) is 4.02. The molecule has 3 rings (SSSR count). The van der Waals surface area contributed by atoms with Crippen LogP contribution in [-0.2, 0) is 6.42 Å². The molecule has 0 saturated carbocycles. The fraction of sp³-hybridized carbons (Fsp3) is 0.188. The largest absolute Gasteiger partial charge is 0.284 e. The molecule has 20 heavy (non-hydrogen) atoms. The second-order valence-corrected chi connectivity index (χ2v) is 4.80. The average Bonchev–Trinajstić information content (AvgIpc) is 2.69. The van der Waals surface area contributed by atoms with Crippen LogP contribution in [0.2, 0.25) is 0 Å². The molecule has 2 aromatic carbocycles. The Bertz CT molecular complexity index is 678. The molecule has 0 saturated heterocycles. The maximum Gasteiger partial charge on any atom is 0.270 e. The number of aryl methyl sites for hydroxylation is 1. The zero-order chi connectivity index (χ0) is 13.9. The van der Waals surface area contributed by atoms with E-state index in [1.807, 2.05) is 36.4 Å². The number of rotatable bonds is 2. The minimum atomic E-state index is -0.353. The van der Waals surface area contributed by atoms with Crippen molar-refractivity contribution >= 4 is 11.4 Å². The number of nitro groups is 1. The van der Waals surface area contributed by atoms with E-state index < -0.39 is 0 Å². The summed E-state index contributed by atoms with van der Waals surface area (Å²) in [6.07, 6.45) is 1.88. The van der Waals surface area contributed by atoms with E-state index in [1.165, 1.54) is 0 Å². The van der Waals surface area contributed by atoms with Gasteiger partial charge in [-0.15, -0.1) is 0 Å². The number of hydrogen-bond donors (Lipinski definition) is 0. The van der Waals surface area contributed by atoms with Crippen LogP contribution in [0.4, 0.5) is 5.69 Å². The second-order valence-electron chi connectivity index (χ2n) is 4.80. The van der Waals surface area contributed by atoms with Crippen molar-refractivity contribution < 1.29 is 4.92 Å². The highest BCUT2D eigenvalue weighted by atomic mass is 16.6. The summed E-state index contributed by atoms with van der Waals surface area (Å²) in [4.78, 5) is 15.3. The lowest BCUT2D eigenvalue weighted by Crippen LogP contribution is -2.06. The van der Waals surface area contributed by atoms with E-state index in [-0.39, 0.29) is 10.6 Å². The van der Waals surface area contributed by atoms with E-state index in [1.54, 1.807) is 12.1 Å². The van der Waals surface area contributed by atoms with E-state index >= 15 is 0 Å². The van der Waals surface area contributed by atoms with Gasteiger partial charge in [-0.1, -0.05) is 36.4 Å². The van der Waals surface area contributed by atoms with Crippen molar-refractivity contribution in [2.75, 3.05) is 6.54 Å². The third-order valence-corrected chi connectivity index (χ3v) is 3.48. The van der Waals surface area contributed by atoms with Crippen LogP contribution in [0.1, 0.15) is 23.1 Å². The van der Waals surface area contributed by atoms with Gasteiger partial charge >= 0.3 is 0 Å².